The number of para-hydroxylation sites is 2. The summed E-state index contributed by atoms with van der Waals surface area (Å²) in [5, 5.41) is 30.4. The van der Waals surface area contributed by atoms with Crippen molar-refractivity contribution in [3.8, 4) is 0 Å². The summed E-state index contributed by atoms with van der Waals surface area (Å²) in [6, 6.07) is 3.05. The molecular formula is C58H94N28O9. The van der Waals surface area contributed by atoms with Crippen LogP contribution < -0.4 is 112 Å². The summed E-state index contributed by atoms with van der Waals surface area (Å²) in [6.07, 6.45) is 3.39. The Morgan fingerprint density at radius 2 is 0.589 bits per heavy atom. The van der Waals surface area contributed by atoms with E-state index in [0.717, 1.165) is 0 Å². The van der Waals surface area contributed by atoms with E-state index < -0.39 is 95.7 Å². The highest BCUT2D eigenvalue weighted by atomic mass is 16.4. The van der Waals surface area contributed by atoms with Crippen LogP contribution in [0.15, 0.2) is 90.9 Å². The number of benzene rings is 2. The molecule has 95 heavy (non-hydrogen) atoms. The molecule has 0 spiro atoms. The Bertz CT molecular complexity index is 3370. The molecule has 0 fully saturated rings. The highest BCUT2D eigenvalue weighted by molar-refractivity contribution is 5.99. The van der Waals surface area contributed by atoms with Gasteiger partial charge < -0.3 is 127 Å². The molecule has 0 radical (unpaired) electrons. The maximum atomic E-state index is 15.0. The highest BCUT2D eigenvalue weighted by Crippen LogP contribution is 2.22. The molecule has 2 aromatic heterocycles. The minimum atomic E-state index is -1.52. The molecule has 37 heteroatoms. The molecule has 7 amide bonds. The number of aliphatic carboxylic acids is 1. The Kier molecular flexibility index (Phi) is 32.1. The largest absolute Gasteiger partial charge is 0.480 e. The van der Waals surface area contributed by atoms with Gasteiger partial charge in [-0.25, -0.2) is 4.79 Å². The number of rotatable bonds is 43. The second kappa shape index (κ2) is 40.0. The number of hydrogen-bond donors (Lipinski definition) is 23. The fourth-order valence-electron chi connectivity index (χ4n) is 9.87. The summed E-state index contributed by atoms with van der Waals surface area (Å²) in [5.74, 6) is -8.72. The lowest BCUT2D eigenvalue weighted by Crippen LogP contribution is -2.60. The van der Waals surface area contributed by atoms with Gasteiger partial charge in [-0.3, -0.25) is 63.5 Å². The molecule has 520 valence electrons. The molecule has 36 N–H and O–H groups in total. The van der Waals surface area contributed by atoms with Crippen LogP contribution in [0.1, 0.15) is 88.2 Å². The molecule has 4 aromatic rings. The molecule has 2 aromatic carbocycles. The van der Waals surface area contributed by atoms with E-state index in [1.807, 2.05) is 6.07 Å². The zero-order valence-corrected chi connectivity index (χ0v) is 52.9. The van der Waals surface area contributed by atoms with Crippen molar-refractivity contribution >= 4 is 105 Å². The number of carboxylic acids is 1. The van der Waals surface area contributed by atoms with E-state index in [-0.39, 0.29) is 158 Å². The van der Waals surface area contributed by atoms with E-state index in [9.17, 15) is 29.1 Å². The van der Waals surface area contributed by atoms with Gasteiger partial charge in [-0.2, -0.15) is 0 Å². The van der Waals surface area contributed by atoms with Crippen molar-refractivity contribution in [3.63, 3.8) is 0 Å². The van der Waals surface area contributed by atoms with Gasteiger partial charge in [-0.1, -0.05) is 36.4 Å². The number of aliphatic imine (C=N–C) groups is 6. The first kappa shape index (κ1) is 76.3. The third-order valence-corrected chi connectivity index (χ3v) is 14.6. The molecule has 0 bridgehead atoms. The Morgan fingerprint density at radius 3 is 0.884 bits per heavy atom. The molecule has 4 rings (SSSR count). The van der Waals surface area contributed by atoms with Gasteiger partial charge in [0, 0.05) is 86.3 Å². The second-order valence-corrected chi connectivity index (χ2v) is 22.2. The zero-order valence-electron chi connectivity index (χ0n) is 52.9. The minimum Gasteiger partial charge on any atom is -0.480 e. The third-order valence-electron chi connectivity index (χ3n) is 14.6. The SMILES string of the molecule is NC(N)=NCCC[C@H](NC(=O)[C@H](CCCN=C(N)N)NC(=O)[C@H](Cc1c[nH]c2ccccc12)NC(=O)[C@H](CCCN=C(N)N)NC(=O)[C@H](CCCN=C(N)N)NC(=O)[C@H](Cc1c[nH]c2ccccc12)NC(=O)[C@H](CCCN=C(N)N)NC(=O)[C@@H](N)CCCN=C(N)N)C(=O)O. The van der Waals surface area contributed by atoms with Crippen molar-refractivity contribution in [3.05, 3.63) is 72.1 Å². The second-order valence-electron chi connectivity index (χ2n) is 22.2. The van der Waals surface area contributed by atoms with Crippen molar-refractivity contribution in [2.45, 2.75) is 138 Å². The lowest BCUT2D eigenvalue weighted by molar-refractivity contribution is -0.142. The highest BCUT2D eigenvalue weighted by Gasteiger charge is 2.35. The Hall–Kier alpha value is -11.1. The van der Waals surface area contributed by atoms with Gasteiger partial charge in [0.25, 0.3) is 0 Å². The Labute approximate surface area is 547 Å². The lowest BCUT2D eigenvalue weighted by atomic mass is 10.0. The number of hydrogen-bond acceptors (Lipinski definition) is 15. The first-order valence-electron chi connectivity index (χ1n) is 30.8. The first-order chi connectivity index (χ1) is 45.2. The van der Waals surface area contributed by atoms with Gasteiger partial charge in [-0.15, -0.1) is 0 Å². The smallest absolute Gasteiger partial charge is 0.326 e. The molecule has 2 heterocycles. The van der Waals surface area contributed by atoms with E-state index in [4.69, 9.17) is 74.5 Å². The lowest BCUT2D eigenvalue weighted by Gasteiger charge is -2.28. The number of nitrogens with zero attached hydrogens (tertiary/aromatic N) is 6. The summed E-state index contributed by atoms with van der Waals surface area (Å²) in [6.45, 7) is 0.272. The fourth-order valence-corrected chi connectivity index (χ4v) is 9.87. The van der Waals surface area contributed by atoms with Crippen LogP contribution in [-0.4, -0.2) is 186 Å². The average Bonchev–Trinajstić information content (AvgIpc) is 1.73. The Balaban J connectivity index is 1.76. The summed E-state index contributed by atoms with van der Waals surface area (Å²) >= 11 is 0. The predicted octanol–water partition coefficient (Wildman–Crippen LogP) is -6.44. The van der Waals surface area contributed by atoms with Crippen LogP contribution in [0.5, 0.6) is 0 Å². The summed E-state index contributed by atoms with van der Waals surface area (Å²) in [7, 11) is 0. The molecule has 37 nitrogen and oxygen atoms in total. The number of nitrogens with one attached hydrogen (secondary N) is 9. The predicted molar refractivity (Wildman–Crippen MR) is 363 cm³/mol. The van der Waals surface area contributed by atoms with Crippen LogP contribution in [0.4, 0.5) is 0 Å². The normalized spacial score (nSPS) is 13.4. The average molecular weight is 1330 g/mol. The van der Waals surface area contributed by atoms with Gasteiger partial charge in [0.05, 0.1) is 6.04 Å². The van der Waals surface area contributed by atoms with Gasteiger partial charge in [0.15, 0.2) is 35.8 Å². The number of carbonyl (C=O) groups is 8. The molecule has 0 saturated carbocycles. The van der Waals surface area contributed by atoms with E-state index in [2.05, 4.69) is 77.1 Å². The van der Waals surface area contributed by atoms with Crippen LogP contribution in [0.3, 0.4) is 0 Å². The van der Waals surface area contributed by atoms with Crippen molar-refractivity contribution < 1.29 is 43.5 Å². The number of carbonyl (C=O) groups excluding carboxylic acids is 7. The van der Waals surface area contributed by atoms with E-state index in [1.54, 1.807) is 54.9 Å². The molecule has 0 aliphatic heterocycles. The summed E-state index contributed by atoms with van der Waals surface area (Å²) in [4.78, 5) is 145. The van der Waals surface area contributed by atoms with Crippen LogP contribution in [-0.2, 0) is 51.2 Å². The number of aromatic amines is 2. The van der Waals surface area contributed by atoms with E-state index in [0.29, 0.717) is 39.4 Å². The number of aromatic nitrogens is 2. The number of carboxylic acid groups (broad SMARTS) is 1. The maximum absolute atomic E-state index is 15.0. The molecule has 0 saturated heterocycles. The number of nitrogens with two attached hydrogens (primary N) is 13. The quantitative estimate of drug-likeness (QED) is 0.0111. The summed E-state index contributed by atoms with van der Waals surface area (Å²) in [5.41, 5.74) is 75.4. The first-order valence-corrected chi connectivity index (χ1v) is 30.8. The number of H-pyrrole nitrogens is 2. The van der Waals surface area contributed by atoms with Gasteiger partial charge in [-0.05, 0) is 100 Å². The van der Waals surface area contributed by atoms with Crippen molar-refractivity contribution in [1.29, 1.82) is 0 Å². The minimum absolute atomic E-state index is 0.0122. The van der Waals surface area contributed by atoms with Crippen LogP contribution in [0.2, 0.25) is 0 Å². The molecule has 0 aliphatic rings. The van der Waals surface area contributed by atoms with Gasteiger partial charge in [0.1, 0.15) is 42.3 Å². The van der Waals surface area contributed by atoms with Crippen molar-refractivity contribution in [2.24, 2.45) is 104 Å². The van der Waals surface area contributed by atoms with Crippen molar-refractivity contribution in [1.82, 2.24) is 47.2 Å². The number of guanidine groups is 6. The Morgan fingerprint density at radius 1 is 0.347 bits per heavy atom. The molecule has 8 atom stereocenters. The summed E-state index contributed by atoms with van der Waals surface area (Å²) < 4.78 is 0. The molecular weight excluding hydrogens is 1230 g/mol. The topological polar surface area (TPSA) is 685 Å². The maximum Gasteiger partial charge on any atom is 0.326 e. The van der Waals surface area contributed by atoms with Crippen LogP contribution in [0, 0.1) is 0 Å². The fraction of sp³-hybridized carbons (Fsp3) is 0.483. The molecule has 0 unspecified atom stereocenters. The van der Waals surface area contributed by atoms with Gasteiger partial charge in [0.2, 0.25) is 41.4 Å². The van der Waals surface area contributed by atoms with Crippen molar-refractivity contribution in [2.75, 3.05) is 39.3 Å². The zero-order chi connectivity index (χ0) is 70.0. The number of fused-ring (bicyclic) bond motifs is 2. The third kappa shape index (κ3) is 28.1. The monoisotopic (exact) mass is 1330 g/mol. The van der Waals surface area contributed by atoms with Crippen LogP contribution in [0.25, 0.3) is 21.8 Å². The standard InChI is InChI=1S/C58H94N28O9/c59-35(13-5-21-72-53(60)61)45(87)80-38(16-6-22-73-54(62)63)48(90)85-43(27-31-29-78-36-14-3-1-11-33(31)36)50(92)82-39(17-7-23-74-55(64)65)46(88)81-41(19-9-25-76-57(68)69)49(91)86-44(28-32-30-79-37-15-4-2-12-34(32)37)51(93)83-40(18-8-24-75-56(66)67)47(89)84-42(52(94)95)20-10-26-77-58(70)71/h1-4,11-12,14-15,29-30,35,38-44,78-79H,5-10,13,16-28,59H2,(H,80,87)(H,81,88)(H,82,92)(H,83,93)(H,84,89)(H,85,90)(H,86,91)(H,94,95)(H4,60,61,72)(H4,62,63,73)(H4,64,65,74)(H4,66,67,75)(H4,68,69,76)(H4,70,71,77)/t35-,38-,39-,40-,41-,42-,43-,44-/m0/s1. The van der Waals surface area contributed by atoms with Gasteiger partial charge >= 0.3 is 5.97 Å². The number of amides is 7. The molecule has 0 aliphatic carbocycles. The van der Waals surface area contributed by atoms with Crippen LogP contribution >= 0.6 is 0 Å². The van der Waals surface area contributed by atoms with E-state index >= 15 is 14.4 Å². The van der Waals surface area contributed by atoms with E-state index in [1.165, 1.54) is 0 Å².